The third-order valence-electron chi connectivity index (χ3n) is 4.89. The van der Waals surface area contributed by atoms with Gasteiger partial charge in [-0.3, -0.25) is 9.89 Å². The van der Waals surface area contributed by atoms with Crippen LogP contribution in [0.4, 0.5) is 10.1 Å². The van der Waals surface area contributed by atoms with E-state index in [0.29, 0.717) is 16.5 Å². The quantitative estimate of drug-likeness (QED) is 0.677. The second-order valence-electron chi connectivity index (χ2n) is 6.68. The molecule has 6 heteroatoms. The van der Waals surface area contributed by atoms with Crippen LogP contribution in [0.1, 0.15) is 11.1 Å². The standard InChI is InChI=1S/C21H22FN3O2/c22-18-2-1-3-19-20(18)17(21(26)24-19)14-23-16-6-4-15(5-7-16)8-9-25-10-12-27-13-11-25/h1-7,14,24,26H,8-13H2. The predicted molar refractivity (Wildman–Crippen MR) is 105 cm³/mol. The average Bonchev–Trinajstić information content (AvgIpc) is 3.03. The molecule has 0 spiro atoms. The monoisotopic (exact) mass is 367 g/mol. The Morgan fingerprint density at radius 2 is 1.93 bits per heavy atom. The second kappa shape index (κ2) is 7.90. The molecule has 3 aromatic rings. The largest absolute Gasteiger partial charge is 0.494 e. The maximum absolute atomic E-state index is 14.1. The number of aromatic nitrogens is 1. The number of morpholine rings is 1. The molecule has 0 aliphatic carbocycles. The maximum Gasteiger partial charge on any atom is 0.198 e. The van der Waals surface area contributed by atoms with E-state index < -0.39 is 0 Å². The summed E-state index contributed by atoms with van der Waals surface area (Å²) >= 11 is 0. The van der Waals surface area contributed by atoms with Crippen molar-refractivity contribution < 1.29 is 14.2 Å². The lowest BCUT2D eigenvalue weighted by atomic mass is 10.1. The van der Waals surface area contributed by atoms with Crippen LogP contribution in [0, 0.1) is 5.82 Å². The first-order valence-corrected chi connectivity index (χ1v) is 9.13. The molecule has 1 fully saturated rings. The molecule has 2 aromatic carbocycles. The van der Waals surface area contributed by atoms with Crippen molar-refractivity contribution in [2.45, 2.75) is 6.42 Å². The van der Waals surface area contributed by atoms with Crippen molar-refractivity contribution >= 4 is 22.8 Å². The van der Waals surface area contributed by atoms with Gasteiger partial charge in [0, 0.05) is 31.2 Å². The molecule has 0 saturated carbocycles. The van der Waals surface area contributed by atoms with Gasteiger partial charge in [0.25, 0.3) is 0 Å². The van der Waals surface area contributed by atoms with Gasteiger partial charge in [-0.05, 0) is 36.2 Å². The van der Waals surface area contributed by atoms with Crippen molar-refractivity contribution in [2.24, 2.45) is 4.99 Å². The Hall–Kier alpha value is -2.70. The van der Waals surface area contributed by atoms with Gasteiger partial charge in [-0.15, -0.1) is 0 Å². The number of hydrogen-bond acceptors (Lipinski definition) is 4. The van der Waals surface area contributed by atoms with E-state index in [4.69, 9.17) is 4.74 Å². The molecule has 1 saturated heterocycles. The summed E-state index contributed by atoms with van der Waals surface area (Å²) in [5, 5.41) is 10.4. The van der Waals surface area contributed by atoms with E-state index in [1.807, 2.05) is 12.1 Å². The molecule has 5 nitrogen and oxygen atoms in total. The van der Waals surface area contributed by atoms with Gasteiger partial charge in [-0.1, -0.05) is 18.2 Å². The second-order valence-corrected chi connectivity index (χ2v) is 6.68. The maximum atomic E-state index is 14.1. The number of nitrogens with one attached hydrogen (secondary N) is 1. The number of nitrogens with zero attached hydrogens (tertiary/aromatic N) is 2. The number of aromatic hydroxyl groups is 1. The van der Waals surface area contributed by atoms with Gasteiger partial charge in [-0.25, -0.2) is 4.39 Å². The molecule has 1 aliphatic heterocycles. The average molecular weight is 367 g/mol. The van der Waals surface area contributed by atoms with Crippen molar-refractivity contribution in [2.75, 3.05) is 32.8 Å². The van der Waals surface area contributed by atoms with E-state index in [1.165, 1.54) is 17.8 Å². The number of H-pyrrole nitrogens is 1. The van der Waals surface area contributed by atoms with Crippen LogP contribution in [0.3, 0.4) is 0 Å². The molecule has 1 aromatic heterocycles. The Bertz CT molecular complexity index is 944. The summed E-state index contributed by atoms with van der Waals surface area (Å²) in [5.74, 6) is -0.468. The molecule has 2 N–H and O–H groups in total. The van der Waals surface area contributed by atoms with E-state index >= 15 is 0 Å². The fraction of sp³-hybridized carbons (Fsp3) is 0.286. The molecule has 0 amide bonds. The molecule has 2 heterocycles. The van der Waals surface area contributed by atoms with Crippen molar-refractivity contribution in [1.82, 2.24) is 9.88 Å². The van der Waals surface area contributed by atoms with Crippen LogP contribution >= 0.6 is 0 Å². The first kappa shape index (κ1) is 17.7. The summed E-state index contributed by atoms with van der Waals surface area (Å²) in [6.45, 7) is 4.64. The predicted octanol–water partition coefficient (Wildman–Crippen LogP) is 3.64. The zero-order valence-electron chi connectivity index (χ0n) is 15.0. The van der Waals surface area contributed by atoms with Crippen molar-refractivity contribution in [3.05, 3.63) is 59.4 Å². The molecular weight excluding hydrogens is 345 g/mol. The number of ether oxygens (including phenoxy) is 1. The molecule has 0 bridgehead atoms. The minimum absolute atomic E-state index is 0.0824. The minimum atomic E-state index is -0.385. The number of fused-ring (bicyclic) bond motifs is 1. The molecule has 4 rings (SSSR count). The summed E-state index contributed by atoms with van der Waals surface area (Å²) in [5.41, 5.74) is 2.92. The number of halogens is 1. The van der Waals surface area contributed by atoms with Crippen LogP contribution in [0.2, 0.25) is 0 Å². The molecule has 0 atom stereocenters. The zero-order valence-corrected chi connectivity index (χ0v) is 15.0. The number of benzene rings is 2. The van der Waals surface area contributed by atoms with Crippen molar-refractivity contribution in [3.63, 3.8) is 0 Å². The lowest BCUT2D eigenvalue weighted by molar-refractivity contribution is 0.0384. The fourth-order valence-corrected chi connectivity index (χ4v) is 3.34. The van der Waals surface area contributed by atoms with Crippen LogP contribution in [0.25, 0.3) is 10.9 Å². The van der Waals surface area contributed by atoms with Gasteiger partial charge in [0.15, 0.2) is 5.88 Å². The van der Waals surface area contributed by atoms with E-state index in [9.17, 15) is 9.50 Å². The minimum Gasteiger partial charge on any atom is -0.494 e. The number of hydrogen-bond donors (Lipinski definition) is 2. The Labute approximate surface area is 157 Å². The highest BCUT2D eigenvalue weighted by atomic mass is 19.1. The summed E-state index contributed by atoms with van der Waals surface area (Å²) in [6.07, 6.45) is 2.48. The Kier molecular flexibility index (Phi) is 5.18. The molecule has 1 aliphatic rings. The number of aromatic amines is 1. The first-order valence-electron chi connectivity index (χ1n) is 9.13. The summed E-state index contributed by atoms with van der Waals surface area (Å²) in [7, 11) is 0. The Balaban J connectivity index is 1.45. The van der Waals surface area contributed by atoms with Gasteiger partial charge >= 0.3 is 0 Å². The Morgan fingerprint density at radius 3 is 2.70 bits per heavy atom. The lowest BCUT2D eigenvalue weighted by Gasteiger charge is -2.26. The highest BCUT2D eigenvalue weighted by Crippen LogP contribution is 2.28. The van der Waals surface area contributed by atoms with Crippen LogP contribution in [0.5, 0.6) is 5.88 Å². The van der Waals surface area contributed by atoms with Crippen LogP contribution in [0.15, 0.2) is 47.5 Å². The summed E-state index contributed by atoms with van der Waals surface area (Å²) < 4.78 is 19.4. The van der Waals surface area contributed by atoms with Crippen molar-refractivity contribution in [3.8, 4) is 5.88 Å². The first-order chi connectivity index (χ1) is 13.2. The van der Waals surface area contributed by atoms with Gasteiger partial charge in [0.05, 0.1) is 30.0 Å². The summed E-state index contributed by atoms with van der Waals surface area (Å²) in [6, 6.07) is 12.7. The van der Waals surface area contributed by atoms with Crippen LogP contribution in [-0.4, -0.2) is 54.1 Å². The summed E-state index contributed by atoms with van der Waals surface area (Å²) in [4.78, 5) is 9.57. The molecule has 140 valence electrons. The normalized spacial score (nSPS) is 15.7. The fourth-order valence-electron chi connectivity index (χ4n) is 3.34. The topological polar surface area (TPSA) is 60.8 Å². The molecule has 27 heavy (non-hydrogen) atoms. The van der Waals surface area contributed by atoms with E-state index in [1.54, 1.807) is 12.1 Å². The van der Waals surface area contributed by atoms with Crippen LogP contribution < -0.4 is 0 Å². The number of aliphatic imine (C=N–C) groups is 1. The van der Waals surface area contributed by atoms with Crippen molar-refractivity contribution in [1.29, 1.82) is 0 Å². The van der Waals surface area contributed by atoms with Gasteiger partial charge in [0.1, 0.15) is 5.82 Å². The lowest BCUT2D eigenvalue weighted by Crippen LogP contribution is -2.37. The molecular formula is C21H22FN3O2. The number of rotatable bonds is 5. The van der Waals surface area contributed by atoms with E-state index in [0.717, 1.165) is 45.0 Å². The third kappa shape index (κ3) is 4.02. The third-order valence-corrected chi connectivity index (χ3v) is 4.89. The van der Waals surface area contributed by atoms with E-state index in [-0.39, 0.29) is 11.7 Å². The van der Waals surface area contributed by atoms with Gasteiger partial charge in [-0.2, -0.15) is 0 Å². The highest BCUT2D eigenvalue weighted by Gasteiger charge is 2.13. The SMILES string of the molecule is Oc1[nH]c2cccc(F)c2c1C=Nc1ccc(CCN2CCOCC2)cc1. The molecule has 0 radical (unpaired) electrons. The molecule has 0 unspecified atom stereocenters. The smallest absolute Gasteiger partial charge is 0.198 e. The van der Waals surface area contributed by atoms with Gasteiger partial charge in [0.2, 0.25) is 0 Å². The van der Waals surface area contributed by atoms with E-state index in [2.05, 4.69) is 27.0 Å². The van der Waals surface area contributed by atoms with Gasteiger partial charge < -0.3 is 14.8 Å². The zero-order chi connectivity index (χ0) is 18.6. The van der Waals surface area contributed by atoms with Crippen LogP contribution in [-0.2, 0) is 11.2 Å². The highest BCUT2D eigenvalue weighted by molar-refractivity contribution is 6.02. The Morgan fingerprint density at radius 1 is 1.15 bits per heavy atom.